The van der Waals surface area contributed by atoms with Gasteiger partial charge in [0.25, 0.3) is 0 Å². The van der Waals surface area contributed by atoms with Crippen LogP contribution in [0.4, 0.5) is 0 Å². The number of hydrogen-bond donors (Lipinski definition) is 3. The molecule has 0 unspecified atom stereocenters. The van der Waals surface area contributed by atoms with Crippen molar-refractivity contribution in [1.82, 2.24) is 4.98 Å². The molecule has 1 aromatic heterocycles. The minimum Gasteiger partial charge on any atom is -0.507 e. The molecule has 0 radical (unpaired) electrons. The fraction of sp³-hybridized carbons (Fsp3) is 0. The molecule has 112 valence electrons. The first-order valence-corrected chi connectivity index (χ1v) is 5.86. The Labute approximate surface area is 123 Å². The van der Waals surface area contributed by atoms with E-state index in [0.717, 1.165) is 24.4 Å². The zero-order valence-corrected chi connectivity index (χ0v) is 10.9. The van der Waals surface area contributed by atoms with Crippen LogP contribution in [-0.4, -0.2) is 38.2 Å². The molecule has 0 amide bonds. The highest BCUT2D eigenvalue weighted by molar-refractivity contribution is 6.03. The summed E-state index contributed by atoms with van der Waals surface area (Å²) in [5, 5.41) is 27.2. The summed E-state index contributed by atoms with van der Waals surface area (Å²) in [6.07, 6.45) is 2.24. The highest BCUT2D eigenvalue weighted by Crippen LogP contribution is 2.24. The largest absolute Gasteiger partial charge is 0.507 e. The van der Waals surface area contributed by atoms with Gasteiger partial charge in [-0.2, -0.15) is 0 Å². The third-order valence-electron chi connectivity index (χ3n) is 2.68. The molecule has 3 N–H and O–H groups in total. The molecule has 0 spiro atoms. The second-order valence-corrected chi connectivity index (χ2v) is 4.10. The standard InChI is InChI=1S/C14H9NO7/c16-11-2-1-7(5-9(11)13(19)20)22-14(21)10-6-15-4-3-8(10)12(17)18/h1-6,16H,(H,17,18)(H,19,20). The third kappa shape index (κ3) is 3.01. The highest BCUT2D eigenvalue weighted by Gasteiger charge is 2.19. The molecule has 1 heterocycles. The van der Waals surface area contributed by atoms with Gasteiger partial charge >= 0.3 is 17.9 Å². The SMILES string of the molecule is O=C(O)c1cc(OC(=O)c2cnccc2C(=O)O)ccc1O. The number of rotatable bonds is 4. The van der Waals surface area contributed by atoms with Crippen LogP contribution in [0.5, 0.6) is 11.5 Å². The van der Waals surface area contributed by atoms with Gasteiger partial charge in [-0.05, 0) is 24.3 Å². The first kappa shape index (κ1) is 15.0. The van der Waals surface area contributed by atoms with E-state index in [1.54, 1.807) is 0 Å². The number of carboxylic acid groups (broad SMARTS) is 2. The van der Waals surface area contributed by atoms with E-state index >= 15 is 0 Å². The van der Waals surface area contributed by atoms with Crippen molar-refractivity contribution in [1.29, 1.82) is 0 Å². The second-order valence-electron chi connectivity index (χ2n) is 4.10. The Morgan fingerprint density at radius 3 is 2.27 bits per heavy atom. The van der Waals surface area contributed by atoms with Crippen molar-refractivity contribution in [3.8, 4) is 11.5 Å². The number of phenols is 1. The second kappa shape index (κ2) is 5.92. The minimum atomic E-state index is -1.40. The molecular formula is C14H9NO7. The number of carbonyl (C=O) groups is 3. The summed E-state index contributed by atoms with van der Waals surface area (Å²) in [6, 6.07) is 4.31. The van der Waals surface area contributed by atoms with E-state index in [0.29, 0.717) is 0 Å². The van der Waals surface area contributed by atoms with Gasteiger partial charge in [0.15, 0.2) is 0 Å². The van der Waals surface area contributed by atoms with E-state index in [1.807, 2.05) is 0 Å². The number of ether oxygens (including phenoxy) is 1. The number of esters is 1. The molecule has 2 aromatic rings. The molecule has 2 rings (SSSR count). The molecule has 8 heteroatoms. The van der Waals surface area contributed by atoms with Crippen molar-refractivity contribution in [2.24, 2.45) is 0 Å². The lowest BCUT2D eigenvalue weighted by atomic mass is 10.1. The molecule has 0 atom stereocenters. The Morgan fingerprint density at radius 1 is 0.955 bits per heavy atom. The number of aromatic carboxylic acids is 2. The van der Waals surface area contributed by atoms with Crippen LogP contribution >= 0.6 is 0 Å². The Balaban J connectivity index is 2.32. The van der Waals surface area contributed by atoms with Gasteiger partial charge in [-0.15, -0.1) is 0 Å². The average molecular weight is 303 g/mol. The van der Waals surface area contributed by atoms with Crippen LogP contribution in [0.1, 0.15) is 31.1 Å². The maximum absolute atomic E-state index is 12.0. The van der Waals surface area contributed by atoms with Gasteiger partial charge in [0.1, 0.15) is 17.1 Å². The number of carboxylic acids is 2. The number of nitrogens with zero attached hydrogens (tertiary/aromatic N) is 1. The van der Waals surface area contributed by atoms with Gasteiger partial charge in [-0.25, -0.2) is 14.4 Å². The van der Waals surface area contributed by atoms with Crippen molar-refractivity contribution in [3.05, 3.63) is 53.3 Å². The van der Waals surface area contributed by atoms with Crippen molar-refractivity contribution >= 4 is 17.9 Å². The molecular weight excluding hydrogens is 294 g/mol. The first-order chi connectivity index (χ1) is 10.4. The van der Waals surface area contributed by atoms with Crippen molar-refractivity contribution in [3.63, 3.8) is 0 Å². The molecule has 0 fully saturated rings. The molecule has 0 aliphatic carbocycles. The number of aromatic nitrogens is 1. The van der Waals surface area contributed by atoms with Gasteiger partial charge in [0, 0.05) is 12.4 Å². The first-order valence-electron chi connectivity index (χ1n) is 5.86. The summed E-state index contributed by atoms with van der Waals surface area (Å²) in [6.45, 7) is 0. The van der Waals surface area contributed by atoms with E-state index in [-0.39, 0.29) is 16.9 Å². The minimum absolute atomic E-state index is 0.152. The van der Waals surface area contributed by atoms with Gasteiger partial charge in [-0.3, -0.25) is 4.98 Å². The molecule has 8 nitrogen and oxygen atoms in total. The molecule has 0 bridgehead atoms. The normalized spacial score (nSPS) is 10.0. The molecule has 0 saturated carbocycles. The van der Waals surface area contributed by atoms with Crippen LogP contribution in [0, 0.1) is 0 Å². The maximum Gasteiger partial charge on any atom is 0.345 e. The summed E-state index contributed by atoms with van der Waals surface area (Å²) in [5.74, 6) is -4.37. The summed E-state index contributed by atoms with van der Waals surface area (Å²) in [7, 11) is 0. The fourth-order valence-electron chi connectivity index (χ4n) is 1.66. The summed E-state index contributed by atoms with van der Waals surface area (Å²) in [4.78, 5) is 37.5. The van der Waals surface area contributed by atoms with Gasteiger partial charge in [0.2, 0.25) is 0 Å². The molecule has 0 saturated heterocycles. The number of aromatic hydroxyl groups is 1. The quantitative estimate of drug-likeness (QED) is 0.570. The molecule has 0 aliphatic rings. The topological polar surface area (TPSA) is 134 Å². The predicted octanol–water partition coefficient (Wildman–Crippen LogP) is 1.40. The van der Waals surface area contributed by atoms with E-state index in [1.165, 1.54) is 12.3 Å². The van der Waals surface area contributed by atoms with Crippen LogP contribution in [-0.2, 0) is 0 Å². The summed E-state index contributed by atoms with van der Waals surface area (Å²) < 4.78 is 4.92. The Hall–Kier alpha value is -3.42. The summed E-state index contributed by atoms with van der Waals surface area (Å²) >= 11 is 0. The van der Waals surface area contributed by atoms with Gasteiger partial charge in [0.05, 0.1) is 11.1 Å². The zero-order chi connectivity index (χ0) is 16.3. The van der Waals surface area contributed by atoms with Crippen molar-refractivity contribution in [2.45, 2.75) is 0 Å². The molecule has 1 aromatic carbocycles. The Kier molecular flexibility index (Phi) is 4.03. The average Bonchev–Trinajstić information content (AvgIpc) is 2.48. The lowest BCUT2D eigenvalue weighted by molar-refractivity contribution is 0.0667. The van der Waals surface area contributed by atoms with Crippen LogP contribution < -0.4 is 4.74 Å². The number of pyridine rings is 1. The lowest BCUT2D eigenvalue weighted by Gasteiger charge is -2.07. The van der Waals surface area contributed by atoms with Crippen molar-refractivity contribution in [2.75, 3.05) is 0 Å². The van der Waals surface area contributed by atoms with Gasteiger partial charge in [-0.1, -0.05) is 0 Å². The predicted molar refractivity (Wildman–Crippen MR) is 71.2 cm³/mol. The van der Waals surface area contributed by atoms with Crippen LogP contribution in [0.2, 0.25) is 0 Å². The zero-order valence-electron chi connectivity index (χ0n) is 10.9. The molecule has 22 heavy (non-hydrogen) atoms. The summed E-state index contributed by atoms with van der Waals surface area (Å²) in [5.41, 5.74) is -1.02. The van der Waals surface area contributed by atoms with Crippen molar-refractivity contribution < 1.29 is 34.4 Å². The van der Waals surface area contributed by atoms with E-state index in [9.17, 15) is 19.5 Å². The monoisotopic (exact) mass is 303 g/mol. The lowest BCUT2D eigenvalue weighted by Crippen LogP contribution is -2.14. The smallest absolute Gasteiger partial charge is 0.345 e. The van der Waals surface area contributed by atoms with Crippen LogP contribution in [0.3, 0.4) is 0 Å². The Morgan fingerprint density at radius 2 is 1.64 bits per heavy atom. The number of benzene rings is 1. The third-order valence-corrected chi connectivity index (χ3v) is 2.68. The van der Waals surface area contributed by atoms with Crippen LogP contribution in [0.15, 0.2) is 36.7 Å². The fourth-order valence-corrected chi connectivity index (χ4v) is 1.66. The maximum atomic E-state index is 12.0. The number of hydrogen-bond acceptors (Lipinski definition) is 6. The van der Waals surface area contributed by atoms with E-state index in [4.69, 9.17) is 14.9 Å². The molecule has 0 aliphatic heterocycles. The highest BCUT2D eigenvalue weighted by atomic mass is 16.5. The Bertz CT molecular complexity index is 770. The van der Waals surface area contributed by atoms with Gasteiger partial charge < -0.3 is 20.1 Å². The number of carbonyl (C=O) groups excluding carboxylic acids is 1. The van der Waals surface area contributed by atoms with E-state index in [2.05, 4.69) is 4.98 Å². The van der Waals surface area contributed by atoms with Crippen LogP contribution in [0.25, 0.3) is 0 Å². The van der Waals surface area contributed by atoms with E-state index < -0.39 is 29.2 Å².